The molecule has 0 radical (unpaired) electrons. The number of nitrogens with zero attached hydrogens (tertiary/aromatic N) is 2. The van der Waals surface area contributed by atoms with Crippen LogP contribution in [0.5, 0.6) is 5.75 Å². The molecule has 2 N–H and O–H groups in total. The van der Waals surface area contributed by atoms with Crippen LogP contribution >= 0.6 is 0 Å². The number of carbonyl (C=O) groups excluding carboxylic acids is 1. The van der Waals surface area contributed by atoms with E-state index in [2.05, 4.69) is 10.6 Å². The fourth-order valence-electron chi connectivity index (χ4n) is 2.32. The maximum Gasteiger partial charge on any atom is 0.271 e. The van der Waals surface area contributed by atoms with Crippen LogP contribution in [0.1, 0.15) is 6.92 Å². The number of nitro benzene ring substituents is 1. The first-order valence-corrected chi connectivity index (χ1v) is 7.99. The SMILES string of the molecule is COc1ccc([N+](=O)[O-])cc1NC(=O)[C@@H](C)Nc1ccc(N(C)C)cc1. The van der Waals surface area contributed by atoms with Crippen LogP contribution in [0.4, 0.5) is 22.7 Å². The summed E-state index contributed by atoms with van der Waals surface area (Å²) < 4.78 is 5.15. The number of benzene rings is 2. The van der Waals surface area contributed by atoms with E-state index in [0.717, 1.165) is 11.4 Å². The normalized spacial score (nSPS) is 11.4. The van der Waals surface area contributed by atoms with Gasteiger partial charge in [-0.05, 0) is 37.3 Å². The Kier molecular flexibility index (Phi) is 6.00. The third-order valence-corrected chi connectivity index (χ3v) is 3.81. The molecule has 0 unspecified atom stereocenters. The Hall–Kier alpha value is -3.29. The number of nitro groups is 1. The molecule has 0 saturated heterocycles. The number of rotatable bonds is 7. The highest BCUT2D eigenvalue weighted by atomic mass is 16.6. The molecule has 0 fully saturated rings. The number of ether oxygens (including phenoxy) is 1. The van der Waals surface area contributed by atoms with E-state index in [4.69, 9.17) is 4.74 Å². The van der Waals surface area contributed by atoms with E-state index < -0.39 is 11.0 Å². The Morgan fingerprint density at radius 3 is 2.38 bits per heavy atom. The van der Waals surface area contributed by atoms with Gasteiger partial charge in [-0.25, -0.2) is 0 Å². The van der Waals surface area contributed by atoms with E-state index in [1.807, 2.05) is 43.3 Å². The molecule has 2 rings (SSSR count). The van der Waals surface area contributed by atoms with Crippen molar-refractivity contribution in [2.45, 2.75) is 13.0 Å². The molecule has 1 amide bonds. The topological polar surface area (TPSA) is 96.7 Å². The van der Waals surface area contributed by atoms with Crippen molar-refractivity contribution in [3.8, 4) is 5.75 Å². The van der Waals surface area contributed by atoms with Crippen LogP contribution < -0.4 is 20.3 Å². The minimum absolute atomic E-state index is 0.124. The largest absolute Gasteiger partial charge is 0.495 e. The smallest absolute Gasteiger partial charge is 0.271 e. The van der Waals surface area contributed by atoms with Crippen molar-refractivity contribution < 1.29 is 14.5 Å². The van der Waals surface area contributed by atoms with E-state index in [-0.39, 0.29) is 17.3 Å². The van der Waals surface area contributed by atoms with Crippen LogP contribution in [-0.4, -0.2) is 38.1 Å². The number of nitrogens with one attached hydrogen (secondary N) is 2. The molecule has 2 aromatic carbocycles. The van der Waals surface area contributed by atoms with Gasteiger partial charge in [0, 0.05) is 37.6 Å². The molecule has 1 atom stereocenters. The molecule has 0 aliphatic carbocycles. The molecule has 0 bridgehead atoms. The molecule has 0 aromatic heterocycles. The Labute approximate surface area is 151 Å². The predicted molar refractivity (Wildman–Crippen MR) is 102 cm³/mol. The van der Waals surface area contributed by atoms with Crippen LogP contribution in [0.2, 0.25) is 0 Å². The monoisotopic (exact) mass is 358 g/mol. The summed E-state index contributed by atoms with van der Waals surface area (Å²) in [6, 6.07) is 11.1. The zero-order chi connectivity index (χ0) is 19.3. The summed E-state index contributed by atoms with van der Waals surface area (Å²) in [6.45, 7) is 1.71. The summed E-state index contributed by atoms with van der Waals surface area (Å²) in [4.78, 5) is 24.8. The van der Waals surface area contributed by atoms with Gasteiger partial charge in [-0.1, -0.05) is 0 Å². The summed E-state index contributed by atoms with van der Waals surface area (Å²) in [5.41, 5.74) is 1.97. The minimum Gasteiger partial charge on any atom is -0.495 e. The van der Waals surface area contributed by atoms with Gasteiger partial charge in [0.05, 0.1) is 17.7 Å². The van der Waals surface area contributed by atoms with Crippen LogP contribution in [0, 0.1) is 10.1 Å². The second kappa shape index (κ2) is 8.19. The summed E-state index contributed by atoms with van der Waals surface area (Å²) in [5.74, 6) is 0.0203. The van der Waals surface area contributed by atoms with Crippen LogP contribution in [-0.2, 0) is 4.79 Å². The fraction of sp³-hybridized carbons (Fsp3) is 0.278. The van der Waals surface area contributed by atoms with Gasteiger partial charge in [-0.2, -0.15) is 0 Å². The van der Waals surface area contributed by atoms with Crippen LogP contribution in [0.3, 0.4) is 0 Å². The first-order valence-electron chi connectivity index (χ1n) is 7.99. The van der Waals surface area contributed by atoms with Gasteiger partial charge in [-0.15, -0.1) is 0 Å². The average molecular weight is 358 g/mol. The van der Waals surface area contributed by atoms with Crippen molar-refractivity contribution in [2.75, 3.05) is 36.7 Å². The third-order valence-electron chi connectivity index (χ3n) is 3.81. The van der Waals surface area contributed by atoms with Gasteiger partial charge >= 0.3 is 0 Å². The van der Waals surface area contributed by atoms with E-state index in [1.54, 1.807) is 6.92 Å². The van der Waals surface area contributed by atoms with E-state index in [0.29, 0.717) is 5.75 Å². The van der Waals surface area contributed by atoms with E-state index >= 15 is 0 Å². The number of carbonyl (C=O) groups is 1. The summed E-state index contributed by atoms with van der Waals surface area (Å²) >= 11 is 0. The molecule has 8 heteroatoms. The molecule has 0 heterocycles. The number of methoxy groups -OCH3 is 1. The first-order chi connectivity index (χ1) is 12.3. The molecule has 0 spiro atoms. The predicted octanol–water partition coefficient (Wildman–Crippen LogP) is 3.11. The number of non-ortho nitro benzene ring substituents is 1. The number of hydrogen-bond acceptors (Lipinski definition) is 6. The van der Waals surface area contributed by atoms with Gasteiger partial charge in [-0.3, -0.25) is 14.9 Å². The Balaban J connectivity index is 2.09. The lowest BCUT2D eigenvalue weighted by Gasteiger charge is -2.18. The zero-order valence-corrected chi connectivity index (χ0v) is 15.1. The summed E-state index contributed by atoms with van der Waals surface area (Å²) in [5, 5.41) is 16.7. The number of anilines is 3. The molecule has 138 valence electrons. The van der Waals surface area contributed by atoms with Gasteiger partial charge in [0.1, 0.15) is 11.8 Å². The Morgan fingerprint density at radius 2 is 1.85 bits per heavy atom. The molecule has 0 saturated carbocycles. The van der Waals surface area contributed by atoms with Gasteiger partial charge in [0.15, 0.2) is 0 Å². The highest BCUT2D eigenvalue weighted by molar-refractivity contribution is 5.97. The lowest BCUT2D eigenvalue weighted by Crippen LogP contribution is -2.32. The number of hydrogen-bond donors (Lipinski definition) is 2. The highest BCUT2D eigenvalue weighted by Gasteiger charge is 2.17. The van der Waals surface area contributed by atoms with Gasteiger partial charge in [0.2, 0.25) is 5.91 Å². The maximum absolute atomic E-state index is 12.4. The second-order valence-corrected chi connectivity index (χ2v) is 5.94. The molecule has 8 nitrogen and oxygen atoms in total. The van der Waals surface area contributed by atoms with Crippen molar-refractivity contribution in [3.05, 3.63) is 52.6 Å². The standard InChI is InChI=1S/C18H22N4O4/c1-12(19-13-5-7-14(8-6-13)21(2)3)18(23)20-16-11-15(22(24)25)9-10-17(16)26-4/h5-12,19H,1-4H3,(H,20,23)/t12-/m1/s1. The molecule has 26 heavy (non-hydrogen) atoms. The zero-order valence-electron chi connectivity index (χ0n) is 15.1. The Morgan fingerprint density at radius 1 is 1.19 bits per heavy atom. The quantitative estimate of drug-likeness (QED) is 0.583. The molecule has 0 aliphatic rings. The Bertz CT molecular complexity index is 790. The third kappa shape index (κ3) is 4.62. The van der Waals surface area contributed by atoms with Crippen LogP contribution in [0.25, 0.3) is 0 Å². The van der Waals surface area contributed by atoms with Gasteiger partial charge in [0.25, 0.3) is 5.69 Å². The van der Waals surface area contributed by atoms with Crippen molar-refractivity contribution in [1.29, 1.82) is 0 Å². The minimum atomic E-state index is -0.552. The lowest BCUT2D eigenvalue weighted by atomic mass is 10.2. The highest BCUT2D eigenvalue weighted by Crippen LogP contribution is 2.29. The lowest BCUT2D eigenvalue weighted by molar-refractivity contribution is -0.384. The molecular weight excluding hydrogens is 336 g/mol. The number of amides is 1. The maximum atomic E-state index is 12.4. The van der Waals surface area contributed by atoms with Crippen LogP contribution in [0.15, 0.2) is 42.5 Å². The van der Waals surface area contributed by atoms with Crippen molar-refractivity contribution in [3.63, 3.8) is 0 Å². The van der Waals surface area contributed by atoms with E-state index in [9.17, 15) is 14.9 Å². The molecule has 0 aliphatic heterocycles. The average Bonchev–Trinajstić information content (AvgIpc) is 2.61. The molecule has 2 aromatic rings. The summed E-state index contributed by atoms with van der Waals surface area (Å²) in [7, 11) is 5.33. The van der Waals surface area contributed by atoms with E-state index in [1.165, 1.54) is 25.3 Å². The fourth-order valence-corrected chi connectivity index (χ4v) is 2.32. The first kappa shape index (κ1) is 19.0. The van der Waals surface area contributed by atoms with Gasteiger partial charge < -0.3 is 20.3 Å². The van der Waals surface area contributed by atoms with Crippen molar-refractivity contribution in [2.24, 2.45) is 0 Å². The van der Waals surface area contributed by atoms with Crippen molar-refractivity contribution in [1.82, 2.24) is 0 Å². The molecular formula is C18H22N4O4. The second-order valence-electron chi connectivity index (χ2n) is 5.94. The van der Waals surface area contributed by atoms with Crippen molar-refractivity contribution >= 4 is 28.7 Å². The summed E-state index contributed by atoms with van der Waals surface area (Å²) in [6.07, 6.45) is 0.